The van der Waals surface area contributed by atoms with E-state index in [4.69, 9.17) is 16.2 Å². The summed E-state index contributed by atoms with van der Waals surface area (Å²) in [6.07, 6.45) is -0.519. The number of hydrogen-bond acceptors (Lipinski definition) is 3. The number of rotatable bonds is 5. The molecule has 2 aromatic carbocycles. The van der Waals surface area contributed by atoms with Gasteiger partial charge in [-0.15, -0.1) is 0 Å². The predicted molar refractivity (Wildman–Crippen MR) is 81.6 cm³/mol. The van der Waals surface area contributed by atoms with Gasteiger partial charge in [-0.2, -0.15) is 0 Å². The van der Waals surface area contributed by atoms with Gasteiger partial charge < -0.3 is 21.5 Å². The second-order valence-corrected chi connectivity index (χ2v) is 4.80. The Hall–Kier alpha value is -2.53. The second-order valence-electron chi connectivity index (χ2n) is 4.80. The van der Waals surface area contributed by atoms with E-state index in [2.05, 4.69) is 5.32 Å². The summed E-state index contributed by atoms with van der Waals surface area (Å²) in [7, 11) is 0. The van der Waals surface area contributed by atoms with Crippen LogP contribution in [0.3, 0.4) is 0 Å². The minimum absolute atomic E-state index is 0.519. The molecule has 0 radical (unpaired) electrons. The molecule has 5 nitrogen and oxygen atoms in total. The molecule has 0 heterocycles. The Morgan fingerprint density at radius 3 is 2.14 bits per heavy atom. The summed E-state index contributed by atoms with van der Waals surface area (Å²) in [6.45, 7) is 1.79. The Balaban J connectivity index is 2.29. The van der Waals surface area contributed by atoms with Crippen LogP contribution < -0.4 is 21.5 Å². The van der Waals surface area contributed by atoms with Gasteiger partial charge in [0, 0.05) is 0 Å². The van der Waals surface area contributed by atoms with Crippen LogP contribution in [-0.2, 0) is 5.66 Å². The van der Waals surface area contributed by atoms with Crippen molar-refractivity contribution in [2.75, 3.05) is 0 Å². The topological polar surface area (TPSA) is 90.4 Å². The minimum atomic E-state index is -1.22. The summed E-state index contributed by atoms with van der Waals surface area (Å²) in [5.41, 5.74) is 11.1. The average molecular weight is 285 g/mol. The molecule has 0 aromatic heterocycles. The fraction of sp³-hybridized carbons (Fsp3) is 0.188. The first-order valence-electron chi connectivity index (χ1n) is 6.66. The van der Waals surface area contributed by atoms with Crippen molar-refractivity contribution in [2.24, 2.45) is 11.5 Å². The maximum Gasteiger partial charge on any atom is 0.313 e. The molecule has 0 aliphatic carbocycles. The number of nitrogens with one attached hydrogen (secondary N) is 1. The molecule has 0 aliphatic heterocycles. The maximum atomic E-state index is 11.3. The molecule has 2 aromatic rings. The van der Waals surface area contributed by atoms with Gasteiger partial charge in [0.25, 0.3) is 0 Å². The van der Waals surface area contributed by atoms with Gasteiger partial charge in [-0.3, -0.25) is 0 Å². The van der Waals surface area contributed by atoms with Gasteiger partial charge >= 0.3 is 6.03 Å². The molecule has 0 saturated carbocycles. The van der Waals surface area contributed by atoms with Crippen LogP contribution in [0.4, 0.5) is 4.79 Å². The van der Waals surface area contributed by atoms with Crippen LogP contribution in [0.2, 0.25) is 0 Å². The number of nitrogens with two attached hydrogens (primary N) is 2. The predicted octanol–water partition coefficient (Wildman–Crippen LogP) is 1.93. The van der Waals surface area contributed by atoms with Crippen molar-refractivity contribution >= 4 is 6.03 Å². The molecule has 0 bridgehead atoms. The third kappa shape index (κ3) is 3.52. The highest BCUT2D eigenvalue weighted by atomic mass is 16.5. The van der Waals surface area contributed by atoms with Gasteiger partial charge in [0.15, 0.2) is 5.66 Å². The Labute approximate surface area is 123 Å². The second kappa shape index (κ2) is 6.28. The minimum Gasteiger partial charge on any atom is -0.486 e. The van der Waals surface area contributed by atoms with Gasteiger partial charge in [0.05, 0.1) is 0 Å². The number of primary amides is 1. The van der Waals surface area contributed by atoms with Gasteiger partial charge in [0.1, 0.15) is 11.9 Å². The lowest BCUT2D eigenvalue weighted by atomic mass is 9.95. The van der Waals surface area contributed by atoms with Gasteiger partial charge in [-0.1, -0.05) is 48.5 Å². The molecule has 5 N–H and O–H groups in total. The first kappa shape index (κ1) is 14.9. The summed E-state index contributed by atoms with van der Waals surface area (Å²) in [6, 6.07) is 17.8. The van der Waals surface area contributed by atoms with Crippen LogP contribution in [0.1, 0.15) is 12.5 Å². The molecule has 0 spiro atoms. The summed E-state index contributed by atoms with van der Waals surface area (Å²) >= 11 is 0. The van der Waals surface area contributed by atoms with Crippen LogP contribution in [-0.4, -0.2) is 12.1 Å². The molecule has 21 heavy (non-hydrogen) atoms. The summed E-state index contributed by atoms with van der Waals surface area (Å²) in [4.78, 5) is 11.3. The van der Waals surface area contributed by atoms with Crippen molar-refractivity contribution in [1.29, 1.82) is 0 Å². The molecule has 110 valence electrons. The number of hydrogen-bond donors (Lipinski definition) is 3. The SMILES string of the molecule is CC(Oc1ccccc1)C(N)(NC(N)=O)c1ccccc1. The number of urea groups is 1. The number of amides is 2. The van der Waals surface area contributed by atoms with Gasteiger partial charge in [-0.05, 0) is 24.6 Å². The molecule has 2 atom stereocenters. The Kier molecular flexibility index (Phi) is 4.45. The van der Waals surface area contributed by atoms with Crippen LogP contribution in [0.15, 0.2) is 60.7 Å². The molecular weight excluding hydrogens is 266 g/mol. The monoisotopic (exact) mass is 285 g/mol. The normalized spacial score (nSPS) is 14.8. The number of carbonyl (C=O) groups is 1. The number of ether oxygens (including phenoxy) is 1. The van der Waals surface area contributed by atoms with Crippen LogP contribution in [0, 0.1) is 0 Å². The van der Waals surface area contributed by atoms with Crippen molar-refractivity contribution in [3.63, 3.8) is 0 Å². The molecule has 0 aliphatic rings. The molecule has 0 fully saturated rings. The Morgan fingerprint density at radius 1 is 1.10 bits per heavy atom. The zero-order valence-corrected chi connectivity index (χ0v) is 11.8. The van der Waals surface area contributed by atoms with E-state index >= 15 is 0 Å². The molecule has 2 amide bonds. The third-order valence-corrected chi connectivity index (χ3v) is 3.28. The third-order valence-electron chi connectivity index (χ3n) is 3.28. The Morgan fingerprint density at radius 2 is 1.62 bits per heavy atom. The highest BCUT2D eigenvalue weighted by Gasteiger charge is 2.36. The number of benzene rings is 2. The Bertz CT molecular complexity index is 589. The summed E-state index contributed by atoms with van der Waals surface area (Å²) in [5.74, 6) is 0.669. The fourth-order valence-corrected chi connectivity index (χ4v) is 2.12. The van der Waals surface area contributed by atoms with E-state index in [1.54, 1.807) is 6.92 Å². The van der Waals surface area contributed by atoms with Crippen molar-refractivity contribution < 1.29 is 9.53 Å². The largest absolute Gasteiger partial charge is 0.486 e. The molecule has 2 rings (SSSR count). The highest BCUT2D eigenvalue weighted by molar-refractivity contribution is 5.73. The smallest absolute Gasteiger partial charge is 0.313 e. The van der Waals surface area contributed by atoms with Crippen LogP contribution in [0.5, 0.6) is 5.75 Å². The molecule has 2 unspecified atom stereocenters. The quantitative estimate of drug-likeness (QED) is 0.733. The van der Waals surface area contributed by atoms with E-state index in [9.17, 15) is 4.79 Å². The van der Waals surface area contributed by atoms with E-state index in [1.165, 1.54) is 0 Å². The molecule has 0 saturated heterocycles. The number of carbonyl (C=O) groups excluding carboxylic acids is 1. The highest BCUT2D eigenvalue weighted by Crippen LogP contribution is 2.23. The van der Waals surface area contributed by atoms with Crippen molar-refractivity contribution in [2.45, 2.75) is 18.7 Å². The maximum absolute atomic E-state index is 11.3. The fourth-order valence-electron chi connectivity index (χ4n) is 2.12. The lowest BCUT2D eigenvalue weighted by molar-refractivity contribution is 0.104. The van der Waals surface area contributed by atoms with E-state index < -0.39 is 17.8 Å². The van der Waals surface area contributed by atoms with E-state index in [0.717, 1.165) is 0 Å². The van der Waals surface area contributed by atoms with E-state index in [0.29, 0.717) is 11.3 Å². The summed E-state index contributed by atoms with van der Waals surface area (Å²) in [5, 5.41) is 2.58. The van der Waals surface area contributed by atoms with E-state index in [1.807, 2.05) is 60.7 Å². The first-order valence-corrected chi connectivity index (χ1v) is 6.66. The zero-order valence-electron chi connectivity index (χ0n) is 11.8. The van der Waals surface area contributed by atoms with Crippen molar-refractivity contribution in [3.05, 3.63) is 66.2 Å². The standard InChI is InChI=1S/C16H19N3O2/c1-12(21-14-10-6-3-7-11-14)16(18,19-15(17)20)13-8-4-2-5-9-13/h2-12H,18H2,1H3,(H3,17,19,20). The van der Waals surface area contributed by atoms with Gasteiger partial charge in [0.2, 0.25) is 0 Å². The van der Waals surface area contributed by atoms with E-state index in [-0.39, 0.29) is 0 Å². The average Bonchev–Trinajstić information content (AvgIpc) is 2.48. The number of para-hydroxylation sites is 1. The van der Waals surface area contributed by atoms with Crippen LogP contribution >= 0.6 is 0 Å². The first-order chi connectivity index (χ1) is 10.0. The van der Waals surface area contributed by atoms with Crippen molar-refractivity contribution in [1.82, 2.24) is 5.32 Å². The van der Waals surface area contributed by atoms with Gasteiger partial charge in [-0.25, -0.2) is 4.79 Å². The van der Waals surface area contributed by atoms with Crippen LogP contribution in [0.25, 0.3) is 0 Å². The van der Waals surface area contributed by atoms with Crippen molar-refractivity contribution in [3.8, 4) is 5.75 Å². The molecular formula is C16H19N3O2. The molecule has 5 heteroatoms. The zero-order chi connectivity index (χ0) is 15.3. The summed E-state index contributed by atoms with van der Waals surface area (Å²) < 4.78 is 5.84. The lowest BCUT2D eigenvalue weighted by Gasteiger charge is -2.36. The lowest BCUT2D eigenvalue weighted by Crippen LogP contribution is -2.62.